The van der Waals surface area contributed by atoms with Gasteiger partial charge in [-0.15, -0.1) is 21.5 Å². The molecule has 5 rings (SSSR count). The molecule has 3 aromatic rings. The maximum absolute atomic E-state index is 13.1. The van der Waals surface area contributed by atoms with Crippen LogP contribution in [0.2, 0.25) is 0 Å². The van der Waals surface area contributed by atoms with Crippen molar-refractivity contribution in [1.82, 2.24) is 24.5 Å². The molecule has 0 spiro atoms. The number of aromatic nitrogens is 5. The molecule has 4 heterocycles. The second kappa shape index (κ2) is 12.0. The predicted molar refractivity (Wildman–Crippen MR) is 147 cm³/mol. The van der Waals surface area contributed by atoms with Crippen molar-refractivity contribution in [2.75, 3.05) is 24.3 Å². The highest BCUT2D eigenvalue weighted by molar-refractivity contribution is 7.99. The molecule has 0 radical (unpaired) electrons. The van der Waals surface area contributed by atoms with Crippen molar-refractivity contribution in [2.24, 2.45) is 13.0 Å². The second-order valence-corrected chi connectivity index (χ2v) is 11.8. The topological polar surface area (TPSA) is 113 Å². The number of carbonyl (C=O) groups is 2. The monoisotopic (exact) mass is 558 g/mol. The first-order chi connectivity index (χ1) is 18.5. The third-order valence-electron chi connectivity index (χ3n) is 7.08. The summed E-state index contributed by atoms with van der Waals surface area (Å²) in [5.74, 6) is 0.842. The zero-order valence-electron chi connectivity index (χ0n) is 22.1. The zero-order valence-corrected chi connectivity index (χ0v) is 23.7. The maximum atomic E-state index is 13.1. The van der Waals surface area contributed by atoms with Gasteiger partial charge in [-0.2, -0.15) is 5.10 Å². The van der Waals surface area contributed by atoms with Crippen molar-refractivity contribution in [2.45, 2.75) is 70.2 Å². The summed E-state index contributed by atoms with van der Waals surface area (Å²) >= 11 is 2.83. The molecule has 0 bridgehead atoms. The molecule has 10 nitrogen and oxygen atoms in total. The SMILES string of the molecule is CCOC(=O)c1c(NC(=O)CSc2nnc(-c3ccn(C)n3)n2C[C@@H]2CCCO2)sc2c1CC[C@@H](CC)C2. The van der Waals surface area contributed by atoms with Crippen LogP contribution in [0.5, 0.6) is 0 Å². The average Bonchev–Trinajstić information content (AvgIpc) is 3.70. The fourth-order valence-corrected chi connectivity index (χ4v) is 7.19. The molecule has 3 aromatic heterocycles. The molecule has 0 unspecified atom stereocenters. The highest BCUT2D eigenvalue weighted by atomic mass is 32.2. The largest absolute Gasteiger partial charge is 0.462 e. The van der Waals surface area contributed by atoms with Gasteiger partial charge in [0.25, 0.3) is 0 Å². The molecule has 1 N–H and O–H groups in total. The van der Waals surface area contributed by atoms with Gasteiger partial charge in [-0.3, -0.25) is 14.0 Å². The maximum Gasteiger partial charge on any atom is 0.341 e. The molecular formula is C26H34N6O4S2. The number of carbonyl (C=O) groups excluding carboxylic acids is 2. The lowest BCUT2D eigenvalue weighted by Crippen LogP contribution is -2.19. The lowest BCUT2D eigenvalue weighted by atomic mass is 9.85. The van der Waals surface area contributed by atoms with E-state index in [2.05, 4.69) is 27.5 Å². The number of hydrogen-bond donors (Lipinski definition) is 1. The van der Waals surface area contributed by atoms with Crippen LogP contribution in [-0.4, -0.2) is 61.5 Å². The Bertz CT molecular complexity index is 1290. The number of rotatable bonds is 10. The summed E-state index contributed by atoms with van der Waals surface area (Å²) in [6.45, 7) is 5.65. The van der Waals surface area contributed by atoms with E-state index in [0.29, 0.717) is 40.6 Å². The van der Waals surface area contributed by atoms with Crippen LogP contribution in [0.4, 0.5) is 5.00 Å². The van der Waals surface area contributed by atoms with E-state index < -0.39 is 0 Å². The van der Waals surface area contributed by atoms with Gasteiger partial charge < -0.3 is 14.8 Å². The smallest absolute Gasteiger partial charge is 0.341 e. The quantitative estimate of drug-likeness (QED) is 0.289. The molecule has 2 atom stereocenters. The molecule has 1 aliphatic heterocycles. The normalized spacial score (nSPS) is 18.9. The van der Waals surface area contributed by atoms with Crippen molar-refractivity contribution < 1.29 is 19.1 Å². The first-order valence-electron chi connectivity index (χ1n) is 13.3. The van der Waals surface area contributed by atoms with E-state index >= 15 is 0 Å². The first kappa shape index (κ1) is 26.9. The van der Waals surface area contributed by atoms with E-state index in [0.717, 1.165) is 56.4 Å². The van der Waals surface area contributed by atoms with Crippen LogP contribution in [-0.2, 0) is 40.7 Å². The van der Waals surface area contributed by atoms with Crippen molar-refractivity contribution >= 4 is 40.0 Å². The Hall–Kier alpha value is -2.70. The number of fused-ring (bicyclic) bond motifs is 1. The summed E-state index contributed by atoms with van der Waals surface area (Å²) in [7, 11) is 1.86. The Morgan fingerprint density at radius 1 is 1.29 bits per heavy atom. The van der Waals surface area contributed by atoms with Crippen molar-refractivity contribution in [3.63, 3.8) is 0 Å². The molecule has 1 saturated heterocycles. The molecule has 12 heteroatoms. The first-order valence-corrected chi connectivity index (χ1v) is 15.1. The Kier molecular flexibility index (Phi) is 8.49. The van der Waals surface area contributed by atoms with Gasteiger partial charge >= 0.3 is 5.97 Å². The van der Waals surface area contributed by atoms with Gasteiger partial charge in [-0.05, 0) is 56.6 Å². The van der Waals surface area contributed by atoms with Crippen LogP contribution in [0, 0.1) is 5.92 Å². The lowest BCUT2D eigenvalue weighted by Gasteiger charge is -2.20. The van der Waals surface area contributed by atoms with Crippen LogP contribution >= 0.6 is 23.1 Å². The minimum atomic E-state index is -0.362. The van der Waals surface area contributed by atoms with Gasteiger partial charge in [0.05, 0.1) is 30.6 Å². The van der Waals surface area contributed by atoms with E-state index in [4.69, 9.17) is 9.47 Å². The molecule has 1 aliphatic carbocycles. The van der Waals surface area contributed by atoms with Crippen LogP contribution in [0.3, 0.4) is 0 Å². The Balaban J connectivity index is 1.32. The number of aryl methyl sites for hydroxylation is 1. The summed E-state index contributed by atoms with van der Waals surface area (Å²) in [6, 6.07) is 1.90. The Labute approximate surface area is 230 Å². The number of thiophene rings is 1. The number of ether oxygens (including phenoxy) is 2. The minimum Gasteiger partial charge on any atom is -0.462 e. The average molecular weight is 559 g/mol. The summed E-state index contributed by atoms with van der Waals surface area (Å²) in [5.41, 5.74) is 2.29. The van der Waals surface area contributed by atoms with Crippen molar-refractivity contribution in [1.29, 1.82) is 0 Å². The van der Waals surface area contributed by atoms with E-state index in [9.17, 15) is 9.59 Å². The van der Waals surface area contributed by atoms with Crippen LogP contribution in [0.15, 0.2) is 17.4 Å². The molecule has 0 saturated carbocycles. The van der Waals surface area contributed by atoms with E-state index in [1.54, 1.807) is 11.6 Å². The van der Waals surface area contributed by atoms with Crippen LogP contribution in [0.1, 0.15) is 60.3 Å². The molecule has 204 valence electrons. The van der Waals surface area contributed by atoms with Gasteiger partial charge in [0.1, 0.15) is 10.7 Å². The van der Waals surface area contributed by atoms with Gasteiger partial charge in [-0.1, -0.05) is 25.1 Å². The number of amides is 1. The van der Waals surface area contributed by atoms with Gasteiger partial charge in [-0.25, -0.2) is 4.79 Å². The molecule has 2 aliphatic rings. The molecule has 1 fully saturated rings. The number of nitrogens with one attached hydrogen (secondary N) is 1. The summed E-state index contributed by atoms with van der Waals surface area (Å²) < 4.78 is 14.9. The van der Waals surface area contributed by atoms with Crippen molar-refractivity contribution in [3.8, 4) is 11.5 Å². The molecule has 0 aromatic carbocycles. The van der Waals surface area contributed by atoms with Crippen LogP contribution < -0.4 is 5.32 Å². The molecule has 38 heavy (non-hydrogen) atoms. The minimum absolute atomic E-state index is 0.0816. The van der Waals surface area contributed by atoms with Gasteiger partial charge in [0, 0.05) is 24.7 Å². The van der Waals surface area contributed by atoms with Crippen LogP contribution in [0.25, 0.3) is 11.5 Å². The van der Waals surface area contributed by atoms with Gasteiger partial charge in [0.15, 0.2) is 11.0 Å². The summed E-state index contributed by atoms with van der Waals surface area (Å²) in [6.07, 6.45) is 7.89. The highest BCUT2D eigenvalue weighted by Gasteiger charge is 2.30. The second-order valence-electron chi connectivity index (χ2n) is 9.71. The summed E-state index contributed by atoms with van der Waals surface area (Å²) in [4.78, 5) is 27.1. The molecular weight excluding hydrogens is 524 g/mol. The third kappa shape index (κ3) is 5.81. The number of nitrogens with zero attached hydrogens (tertiary/aromatic N) is 5. The van der Waals surface area contributed by atoms with Gasteiger partial charge in [0.2, 0.25) is 5.91 Å². The predicted octanol–water partition coefficient (Wildman–Crippen LogP) is 4.34. The number of thioether (sulfide) groups is 1. The Morgan fingerprint density at radius 3 is 2.87 bits per heavy atom. The Morgan fingerprint density at radius 2 is 2.16 bits per heavy atom. The standard InChI is InChI=1S/C26H34N6O4S2/c1-4-16-8-9-18-20(13-16)38-24(22(18)25(34)35-5-2)27-21(33)15-37-26-29-28-23(19-10-11-31(3)30-19)32(26)14-17-7-6-12-36-17/h10-11,16-17H,4-9,12-15H2,1-3H3,(H,27,33)/t16-,17+/m1/s1. The third-order valence-corrected chi connectivity index (χ3v) is 9.22. The number of esters is 1. The lowest BCUT2D eigenvalue weighted by molar-refractivity contribution is -0.113. The highest BCUT2D eigenvalue weighted by Crippen LogP contribution is 2.41. The fraction of sp³-hybridized carbons (Fsp3) is 0.577. The zero-order chi connectivity index (χ0) is 26.6. The summed E-state index contributed by atoms with van der Waals surface area (Å²) in [5, 5.41) is 17.5. The number of hydrogen-bond acceptors (Lipinski definition) is 9. The van der Waals surface area contributed by atoms with E-state index in [1.807, 2.05) is 23.9 Å². The van der Waals surface area contributed by atoms with E-state index in [1.165, 1.54) is 28.0 Å². The number of anilines is 1. The van der Waals surface area contributed by atoms with Crippen molar-refractivity contribution in [3.05, 3.63) is 28.3 Å². The fourth-order valence-electron chi connectivity index (χ4n) is 5.08. The van der Waals surface area contributed by atoms with E-state index in [-0.39, 0.29) is 23.7 Å². The molecule has 1 amide bonds.